The molecule has 1 fully saturated rings. The van der Waals surface area contributed by atoms with Gasteiger partial charge in [-0.2, -0.15) is 0 Å². The van der Waals surface area contributed by atoms with Crippen molar-refractivity contribution in [2.75, 3.05) is 6.54 Å². The van der Waals surface area contributed by atoms with E-state index in [1.165, 1.54) is 12.8 Å². The molecule has 0 aromatic heterocycles. The molecule has 0 aromatic rings. The van der Waals surface area contributed by atoms with Gasteiger partial charge in [-0.3, -0.25) is 0 Å². The van der Waals surface area contributed by atoms with Crippen LogP contribution in [0.25, 0.3) is 0 Å². The summed E-state index contributed by atoms with van der Waals surface area (Å²) in [4.78, 5) is 0. The van der Waals surface area contributed by atoms with E-state index < -0.39 is 0 Å². The lowest BCUT2D eigenvalue weighted by molar-refractivity contribution is 0.233. The molecule has 1 heteroatoms. The lowest BCUT2D eigenvalue weighted by atomic mass is 9.79. The van der Waals surface area contributed by atoms with Gasteiger partial charge in [0, 0.05) is 0 Å². The highest BCUT2D eigenvalue weighted by Crippen LogP contribution is 2.45. The van der Waals surface area contributed by atoms with Crippen LogP contribution in [0.5, 0.6) is 0 Å². The van der Waals surface area contributed by atoms with Gasteiger partial charge in [0.05, 0.1) is 0 Å². The molecule has 0 aromatic carbocycles. The topological polar surface area (TPSA) is 26.0 Å². The van der Waals surface area contributed by atoms with E-state index >= 15 is 0 Å². The summed E-state index contributed by atoms with van der Waals surface area (Å²) in [6.07, 6.45) is 2.73. The third-order valence-corrected chi connectivity index (χ3v) is 3.19. The maximum absolute atomic E-state index is 5.70. The van der Waals surface area contributed by atoms with Gasteiger partial charge in [-0.05, 0) is 36.6 Å². The molecule has 0 bridgehead atoms. The summed E-state index contributed by atoms with van der Waals surface area (Å²) in [6.45, 7) is 7.88. The quantitative estimate of drug-likeness (QED) is 0.594. The molecule has 60 valence electrons. The summed E-state index contributed by atoms with van der Waals surface area (Å²) in [6, 6.07) is 0. The number of rotatable bonds is 1. The molecule has 0 amide bonds. The van der Waals surface area contributed by atoms with Crippen molar-refractivity contribution in [3.05, 3.63) is 0 Å². The molecule has 0 radical (unpaired) electrons. The van der Waals surface area contributed by atoms with Crippen molar-refractivity contribution in [2.45, 2.75) is 33.6 Å². The van der Waals surface area contributed by atoms with Crippen LogP contribution in [0, 0.1) is 17.3 Å². The fraction of sp³-hybridized carbons (Fsp3) is 1.00. The first-order valence-corrected chi connectivity index (χ1v) is 4.28. The van der Waals surface area contributed by atoms with E-state index in [9.17, 15) is 0 Å². The molecular formula is C9H19N. The molecular weight excluding hydrogens is 122 g/mol. The van der Waals surface area contributed by atoms with Gasteiger partial charge >= 0.3 is 0 Å². The van der Waals surface area contributed by atoms with Gasteiger partial charge in [-0.25, -0.2) is 0 Å². The van der Waals surface area contributed by atoms with E-state index in [-0.39, 0.29) is 0 Å². The van der Waals surface area contributed by atoms with Gasteiger partial charge < -0.3 is 5.73 Å². The van der Waals surface area contributed by atoms with Crippen molar-refractivity contribution in [1.29, 1.82) is 0 Å². The summed E-state index contributed by atoms with van der Waals surface area (Å²) in [5.74, 6) is 1.60. The summed E-state index contributed by atoms with van der Waals surface area (Å²) in [5.41, 5.74) is 6.21. The van der Waals surface area contributed by atoms with Gasteiger partial charge in [-0.1, -0.05) is 20.8 Å². The molecule has 1 aliphatic carbocycles. The van der Waals surface area contributed by atoms with Gasteiger partial charge in [-0.15, -0.1) is 0 Å². The zero-order valence-corrected chi connectivity index (χ0v) is 7.35. The summed E-state index contributed by atoms with van der Waals surface area (Å²) in [7, 11) is 0. The molecule has 1 nitrogen and oxygen atoms in total. The predicted molar refractivity (Wildman–Crippen MR) is 44.7 cm³/mol. The van der Waals surface area contributed by atoms with Crippen LogP contribution in [0.1, 0.15) is 33.6 Å². The van der Waals surface area contributed by atoms with Crippen molar-refractivity contribution in [2.24, 2.45) is 23.0 Å². The van der Waals surface area contributed by atoms with Gasteiger partial charge in [0.15, 0.2) is 0 Å². The average Bonchev–Trinajstić information content (AvgIpc) is 2.07. The third kappa shape index (κ3) is 1.20. The largest absolute Gasteiger partial charge is 0.330 e. The summed E-state index contributed by atoms with van der Waals surface area (Å²) >= 11 is 0. The second kappa shape index (κ2) is 2.54. The second-order valence-corrected chi connectivity index (χ2v) is 4.35. The molecule has 1 rings (SSSR count). The van der Waals surface area contributed by atoms with Crippen LogP contribution in [0.3, 0.4) is 0 Å². The molecule has 0 heterocycles. The number of hydrogen-bond donors (Lipinski definition) is 1. The fourth-order valence-corrected chi connectivity index (χ4v) is 2.31. The highest BCUT2D eigenvalue weighted by atomic mass is 14.6. The monoisotopic (exact) mass is 141 g/mol. The van der Waals surface area contributed by atoms with Crippen molar-refractivity contribution in [1.82, 2.24) is 0 Å². The lowest BCUT2D eigenvalue weighted by Gasteiger charge is -2.27. The Balaban J connectivity index is 2.63. The Morgan fingerprint density at radius 3 is 2.30 bits per heavy atom. The van der Waals surface area contributed by atoms with Crippen LogP contribution in [0.15, 0.2) is 0 Å². The van der Waals surface area contributed by atoms with Crippen LogP contribution < -0.4 is 5.73 Å². The predicted octanol–water partition coefficient (Wildman–Crippen LogP) is 2.02. The van der Waals surface area contributed by atoms with E-state index in [0.717, 1.165) is 18.4 Å². The van der Waals surface area contributed by atoms with E-state index in [0.29, 0.717) is 5.41 Å². The standard InChI is InChI=1S/C9H19N/c1-7-4-5-9(2,3)8(7)6-10/h7-8H,4-6,10H2,1-3H3. The van der Waals surface area contributed by atoms with Crippen LogP contribution in [0.2, 0.25) is 0 Å². The molecule has 1 saturated carbocycles. The Morgan fingerprint density at radius 2 is 2.10 bits per heavy atom. The minimum atomic E-state index is 0.508. The SMILES string of the molecule is CC1CCC(C)(C)C1CN. The van der Waals surface area contributed by atoms with Crippen LogP contribution in [-0.2, 0) is 0 Å². The molecule has 2 atom stereocenters. The number of nitrogens with two attached hydrogens (primary N) is 1. The van der Waals surface area contributed by atoms with Crippen molar-refractivity contribution in [3.8, 4) is 0 Å². The van der Waals surface area contributed by atoms with Gasteiger partial charge in [0.2, 0.25) is 0 Å². The first-order valence-electron chi connectivity index (χ1n) is 4.28. The number of hydrogen-bond acceptors (Lipinski definition) is 1. The van der Waals surface area contributed by atoms with E-state index in [4.69, 9.17) is 5.73 Å². The summed E-state index contributed by atoms with van der Waals surface area (Å²) < 4.78 is 0. The maximum Gasteiger partial charge on any atom is -0.00412 e. The Kier molecular flexibility index (Phi) is 2.04. The zero-order chi connectivity index (χ0) is 7.78. The van der Waals surface area contributed by atoms with Crippen LogP contribution in [-0.4, -0.2) is 6.54 Å². The zero-order valence-electron chi connectivity index (χ0n) is 7.35. The van der Waals surface area contributed by atoms with E-state index in [1.807, 2.05) is 0 Å². The summed E-state index contributed by atoms with van der Waals surface area (Å²) in [5, 5.41) is 0. The highest BCUT2D eigenvalue weighted by Gasteiger charge is 2.38. The first kappa shape index (κ1) is 8.06. The Hall–Kier alpha value is -0.0400. The van der Waals surface area contributed by atoms with Gasteiger partial charge in [0.25, 0.3) is 0 Å². The fourth-order valence-electron chi connectivity index (χ4n) is 2.31. The minimum Gasteiger partial charge on any atom is -0.330 e. The molecule has 2 N–H and O–H groups in total. The van der Waals surface area contributed by atoms with Crippen molar-refractivity contribution in [3.63, 3.8) is 0 Å². The highest BCUT2D eigenvalue weighted by molar-refractivity contribution is 4.89. The van der Waals surface area contributed by atoms with Crippen molar-refractivity contribution < 1.29 is 0 Å². The normalized spacial score (nSPS) is 38.4. The second-order valence-electron chi connectivity index (χ2n) is 4.35. The van der Waals surface area contributed by atoms with Crippen LogP contribution in [0.4, 0.5) is 0 Å². The molecule has 0 spiro atoms. The smallest absolute Gasteiger partial charge is 0.00412 e. The molecule has 1 aliphatic rings. The molecule has 0 saturated heterocycles. The average molecular weight is 141 g/mol. The Morgan fingerprint density at radius 1 is 1.50 bits per heavy atom. The van der Waals surface area contributed by atoms with Crippen LogP contribution >= 0.6 is 0 Å². The molecule has 2 unspecified atom stereocenters. The Labute approximate surface area is 64.0 Å². The Bertz CT molecular complexity index is 118. The third-order valence-electron chi connectivity index (χ3n) is 3.19. The molecule has 10 heavy (non-hydrogen) atoms. The maximum atomic E-state index is 5.70. The lowest BCUT2D eigenvalue weighted by Crippen LogP contribution is -2.28. The first-order chi connectivity index (χ1) is 4.58. The van der Waals surface area contributed by atoms with Crippen molar-refractivity contribution >= 4 is 0 Å². The van der Waals surface area contributed by atoms with E-state index in [1.54, 1.807) is 0 Å². The van der Waals surface area contributed by atoms with Gasteiger partial charge in [0.1, 0.15) is 0 Å². The van der Waals surface area contributed by atoms with E-state index in [2.05, 4.69) is 20.8 Å². The molecule has 0 aliphatic heterocycles. The minimum absolute atomic E-state index is 0.508.